The molecule has 0 saturated carbocycles. The maximum atomic E-state index is 6.69. The van der Waals surface area contributed by atoms with Crippen molar-refractivity contribution in [3.63, 3.8) is 0 Å². The molecule has 294 valence electrons. The predicted molar refractivity (Wildman–Crippen MR) is 261 cm³/mol. The molecule has 10 aromatic carbocycles. The molecule has 1 unspecified atom stereocenters. The molecule has 11 aromatic rings. The third-order valence-electron chi connectivity index (χ3n) is 13.1. The average Bonchev–Trinajstić information content (AvgIpc) is 3.63. The number of benzene rings is 10. The van der Waals surface area contributed by atoms with Gasteiger partial charge in [0.15, 0.2) is 0 Å². The van der Waals surface area contributed by atoms with Crippen molar-refractivity contribution in [1.82, 2.24) is 0 Å². The number of aryl methyl sites for hydroxylation is 1. The molecule has 0 N–H and O–H groups in total. The van der Waals surface area contributed by atoms with Crippen LogP contribution in [0.2, 0.25) is 0 Å². The molecule has 1 aliphatic carbocycles. The molecular formula is C60H43NO. The molecule has 0 aliphatic heterocycles. The van der Waals surface area contributed by atoms with Crippen molar-refractivity contribution < 1.29 is 4.42 Å². The molecule has 62 heavy (non-hydrogen) atoms. The van der Waals surface area contributed by atoms with Crippen LogP contribution < -0.4 is 4.90 Å². The molecule has 1 heterocycles. The topological polar surface area (TPSA) is 16.4 Å². The van der Waals surface area contributed by atoms with E-state index in [2.05, 4.69) is 223 Å². The van der Waals surface area contributed by atoms with Crippen LogP contribution in [0.1, 0.15) is 29.0 Å². The largest absolute Gasteiger partial charge is 0.456 e. The number of nitrogens with zero attached hydrogens (tertiary/aromatic N) is 1. The van der Waals surface area contributed by atoms with Crippen LogP contribution in [-0.2, 0) is 12.8 Å². The monoisotopic (exact) mass is 793 g/mol. The molecule has 12 rings (SSSR count). The van der Waals surface area contributed by atoms with Crippen molar-refractivity contribution in [1.29, 1.82) is 0 Å². The highest BCUT2D eigenvalue weighted by Crippen LogP contribution is 2.53. The summed E-state index contributed by atoms with van der Waals surface area (Å²) in [6.45, 7) is 0. The lowest BCUT2D eigenvalue weighted by molar-refractivity contribution is 0.628. The maximum absolute atomic E-state index is 6.69. The van der Waals surface area contributed by atoms with E-state index < -0.39 is 0 Å². The minimum atomic E-state index is 0.247. The highest BCUT2D eigenvalue weighted by molar-refractivity contribution is 6.17. The quantitative estimate of drug-likeness (QED) is 0.149. The SMILES string of the molecule is c1ccc(CC2CCc3cc4oc5ccccc5c4c(-c4ccccc4)c3-c3cccc(N(c4ccccc4)c4ccc(-c5cc6ccccc6c6ccccc56)cc4)c32)cc1. The van der Waals surface area contributed by atoms with Gasteiger partial charge in [-0.1, -0.05) is 170 Å². The van der Waals surface area contributed by atoms with Crippen LogP contribution in [0, 0.1) is 0 Å². The van der Waals surface area contributed by atoms with E-state index in [-0.39, 0.29) is 5.92 Å². The van der Waals surface area contributed by atoms with Crippen LogP contribution in [0.5, 0.6) is 0 Å². The summed E-state index contributed by atoms with van der Waals surface area (Å²) >= 11 is 0. The fraction of sp³-hybridized carbons (Fsp3) is 0.0667. The molecule has 1 aromatic heterocycles. The highest BCUT2D eigenvalue weighted by atomic mass is 16.3. The zero-order valence-corrected chi connectivity index (χ0v) is 34.3. The summed E-state index contributed by atoms with van der Waals surface area (Å²) in [6, 6.07) is 80.0. The minimum Gasteiger partial charge on any atom is -0.456 e. The summed E-state index contributed by atoms with van der Waals surface area (Å²) < 4.78 is 6.69. The number of para-hydroxylation sites is 2. The first-order chi connectivity index (χ1) is 30.8. The van der Waals surface area contributed by atoms with Gasteiger partial charge in [0.2, 0.25) is 0 Å². The number of hydrogen-bond donors (Lipinski definition) is 0. The van der Waals surface area contributed by atoms with Gasteiger partial charge in [0.05, 0.1) is 5.69 Å². The van der Waals surface area contributed by atoms with E-state index in [1.807, 2.05) is 0 Å². The van der Waals surface area contributed by atoms with E-state index in [9.17, 15) is 0 Å². The Hall–Kier alpha value is -7.68. The molecule has 0 spiro atoms. The molecule has 2 nitrogen and oxygen atoms in total. The zero-order chi connectivity index (χ0) is 41.0. The molecule has 0 bridgehead atoms. The van der Waals surface area contributed by atoms with Gasteiger partial charge in [0.1, 0.15) is 11.2 Å². The lowest BCUT2D eigenvalue weighted by Crippen LogP contribution is -2.15. The smallest absolute Gasteiger partial charge is 0.136 e. The van der Waals surface area contributed by atoms with Crippen LogP contribution in [0.4, 0.5) is 17.1 Å². The van der Waals surface area contributed by atoms with Crippen LogP contribution >= 0.6 is 0 Å². The Morgan fingerprint density at radius 1 is 0.452 bits per heavy atom. The molecular weight excluding hydrogens is 751 g/mol. The summed E-state index contributed by atoms with van der Waals surface area (Å²) in [4.78, 5) is 2.50. The molecule has 0 fully saturated rings. The lowest BCUT2D eigenvalue weighted by Gasteiger charge is -2.32. The Morgan fingerprint density at radius 2 is 1.10 bits per heavy atom. The minimum absolute atomic E-state index is 0.247. The van der Waals surface area contributed by atoms with Gasteiger partial charge in [-0.25, -0.2) is 0 Å². The van der Waals surface area contributed by atoms with Crippen molar-refractivity contribution >= 4 is 60.5 Å². The van der Waals surface area contributed by atoms with E-state index in [0.717, 1.165) is 47.2 Å². The summed E-state index contributed by atoms with van der Waals surface area (Å²) in [7, 11) is 0. The first kappa shape index (κ1) is 36.2. The summed E-state index contributed by atoms with van der Waals surface area (Å²) in [5.41, 5.74) is 16.9. The van der Waals surface area contributed by atoms with Crippen LogP contribution in [0.25, 0.3) is 76.9 Å². The summed E-state index contributed by atoms with van der Waals surface area (Å²) in [6.07, 6.45) is 2.88. The Bertz CT molecular complexity index is 3420. The van der Waals surface area contributed by atoms with E-state index in [4.69, 9.17) is 4.42 Å². The van der Waals surface area contributed by atoms with Gasteiger partial charge >= 0.3 is 0 Å². The molecule has 0 amide bonds. The second-order valence-corrected chi connectivity index (χ2v) is 16.7. The predicted octanol–water partition coefficient (Wildman–Crippen LogP) is 16.6. The highest BCUT2D eigenvalue weighted by Gasteiger charge is 2.32. The normalized spacial score (nSPS) is 13.6. The van der Waals surface area contributed by atoms with Crippen molar-refractivity contribution in [3.8, 4) is 33.4 Å². The number of fused-ring (bicyclic) bond motifs is 9. The lowest BCUT2D eigenvalue weighted by atomic mass is 9.82. The first-order valence-corrected chi connectivity index (χ1v) is 21.8. The van der Waals surface area contributed by atoms with Gasteiger partial charge in [0, 0.05) is 27.7 Å². The Kier molecular flexibility index (Phi) is 8.81. The second-order valence-electron chi connectivity index (χ2n) is 16.7. The molecule has 1 atom stereocenters. The maximum Gasteiger partial charge on any atom is 0.136 e. The third kappa shape index (κ3) is 6.10. The van der Waals surface area contributed by atoms with Gasteiger partial charge < -0.3 is 9.32 Å². The third-order valence-corrected chi connectivity index (χ3v) is 13.1. The molecule has 0 radical (unpaired) electrons. The Balaban J connectivity index is 1.10. The van der Waals surface area contributed by atoms with Crippen LogP contribution in [0.15, 0.2) is 223 Å². The number of rotatable bonds is 7. The first-order valence-electron chi connectivity index (χ1n) is 21.8. The van der Waals surface area contributed by atoms with Gasteiger partial charge in [-0.05, 0) is 140 Å². The summed E-state index contributed by atoms with van der Waals surface area (Å²) in [5, 5.41) is 7.42. The fourth-order valence-electron chi connectivity index (χ4n) is 10.4. The Morgan fingerprint density at radius 3 is 1.89 bits per heavy atom. The molecule has 1 aliphatic rings. The van der Waals surface area contributed by atoms with E-state index in [0.29, 0.717) is 0 Å². The van der Waals surface area contributed by atoms with E-state index >= 15 is 0 Å². The summed E-state index contributed by atoms with van der Waals surface area (Å²) in [5.74, 6) is 0.247. The fourth-order valence-corrected chi connectivity index (χ4v) is 10.4. The molecule has 2 heteroatoms. The van der Waals surface area contributed by atoms with Gasteiger partial charge in [-0.3, -0.25) is 0 Å². The van der Waals surface area contributed by atoms with Crippen molar-refractivity contribution in [2.24, 2.45) is 0 Å². The zero-order valence-electron chi connectivity index (χ0n) is 34.3. The van der Waals surface area contributed by atoms with Crippen molar-refractivity contribution in [3.05, 3.63) is 235 Å². The van der Waals surface area contributed by atoms with Crippen LogP contribution in [-0.4, -0.2) is 0 Å². The average molecular weight is 794 g/mol. The van der Waals surface area contributed by atoms with Crippen molar-refractivity contribution in [2.75, 3.05) is 4.90 Å². The van der Waals surface area contributed by atoms with Gasteiger partial charge in [-0.2, -0.15) is 0 Å². The number of furan rings is 1. The Labute approximate surface area is 362 Å². The van der Waals surface area contributed by atoms with Gasteiger partial charge in [-0.15, -0.1) is 0 Å². The van der Waals surface area contributed by atoms with Gasteiger partial charge in [0.25, 0.3) is 0 Å². The van der Waals surface area contributed by atoms with Crippen molar-refractivity contribution in [2.45, 2.75) is 25.2 Å². The second kappa shape index (κ2) is 15.1. The molecule has 0 saturated heterocycles. The standard InChI is InChI=1S/C60H43NO/c1-4-17-40(18-5-1)37-44-31-32-45-39-56-60(51-27-14-15-30-55(51)62-56)59(42-19-6-2-7-20-42)58(45)52-28-16-29-54(57(44)52)61(46-22-8-3-9-23-46)47-35-33-41(34-36-47)53-38-43-21-10-11-24-48(43)49-25-12-13-26-50(49)53/h1-30,33-36,38-39,44H,31-32,37H2. The van der Waals surface area contributed by atoms with E-state index in [1.165, 1.54) is 82.7 Å². The van der Waals surface area contributed by atoms with Crippen LogP contribution in [0.3, 0.4) is 0 Å². The van der Waals surface area contributed by atoms with E-state index in [1.54, 1.807) is 0 Å². The number of anilines is 3. The number of hydrogen-bond acceptors (Lipinski definition) is 2.